The summed E-state index contributed by atoms with van der Waals surface area (Å²) in [6.07, 6.45) is -0.287. The van der Waals surface area contributed by atoms with Crippen LogP contribution in [0.5, 0.6) is 0 Å². The molecule has 12 heavy (non-hydrogen) atoms. The lowest BCUT2D eigenvalue weighted by atomic mass is 10.5. The van der Waals surface area contributed by atoms with Crippen LogP contribution in [0.4, 0.5) is 4.79 Å². The molecule has 4 heteroatoms. The lowest BCUT2D eigenvalue weighted by Gasteiger charge is -2.20. The molecule has 0 heterocycles. The van der Waals surface area contributed by atoms with E-state index >= 15 is 0 Å². The molecule has 0 saturated heterocycles. The van der Waals surface area contributed by atoms with Crippen LogP contribution in [0.25, 0.3) is 0 Å². The molecule has 0 radical (unpaired) electrons. The van der Waals surface area contributed by atoms with Crippen molar-refractivity contribution >= 4 is 22.0 Å². The van der Waals surface area contributed by atoms with Gasteiger partial charge < -0.3 is 9.64 Å². The highest BCUT2D eigenvalue weighted by molar-refractivity contribution is 9.09. The molecule has 0 spiro atoms. The van der Waals surface area contributed by atoms with Gasteiger partial charge in [-0.2, -0.15) is 0 Å². The Morgan fingerprint density at radius 1 is 1.50 bits per heavy atom. The summed E-state index contributed by atoms with van der Waals surface area (Å²) in [6, 6.07) is 0. The Labute approximate surface area is 82.2 Å². The maximum absolute atomic E-state index is 11.3. The van der Waals surface area contributed by atoms with Crippen LogP contribution in [0.3, 0.4) is 0 Å². The Morgan fingerprint density at radius 2 is 2.00 bits per heavy atom. The van der Waals surface area contributed by atoms with Gasteiger partial charge in [0.05, 0.1) is 0 Å². The fourth-order valence-electron chi connectivity index (χ4n) is 0.760. The minimum Gasteiger partial charge on any atom is -0.446 e. The van der Waals surface area contributed by atoms with Crippen molar-refractivity contribution in [2.45, 2.75) is 26.9 Å². The van der Waals surface area contributed by atoms with E-state index in [4.69, 9.17) is 4.74 Å². The summed E-state index contributed by atoms with van der Waals surface area (Å²) in [4.78, 5) is 12.9. The third kappa shape index (κ3) is 3.95. The quantitative estimate of drug-likeness (QED) is 0.703. The van der Waals surface area contributed by atoms with Crippen LogP contribution in [-0.2, 0) is 4.74 Å². The molecule has 0 aliphatic carbocycles. The van der Waals surface area contributed by atoms with Crippen molar-refractivity contribution in [3.63, 3.8) is 0 Å². The van der Waals surface area contributed by atoms with Crippen LogP contribution in [0, 0.1) is 0 Å². The summed E-state index contributed by atoms with van der Waals surface area (Å²) in [5.41, 5.74) is 0. The van der Waals surface area contributed by atoms with Crippen molar-refractivity contribution in [3.05, 3.63) is 0 Å². The summed E-state index contributed by atoms with van der Waals surface area (Å²) >= 11 is 3.24. The smallest absolute Gasteiger partial charge is 0.410 e. The molecule has 0 aliphatic heterocycles. The first-order chi connectivity index (χ1) is 5.65. The second-order valence-corrected chi connectivity index (χ2v) is 3.17. The van der Waals surface area contributed by atoms with Crippen molar-refractivity contribution in [2.75, 3.05) is 18.4 Å². The molecule has 3 nitrogen and oxygen atoms in total. The van der Waals surface area contributed by atoms with E-state index in [0.717, 1.165) is 0 Å². The van der Waals surface area contributed by atoms with Gasteiger partial charge in [0.2, 0.25) is 0 Å². The molecule has 0 fully saturated rings. The highest BCUT2D eigenvalue weighted by Gasteiger charge is 2.13. The Hall–Kier alpha value is -0.250. The fourth-order valence-corrected chi connectivity index (χ4v) is 0.892. The first-order valence-electron chi connectivity index (χ1n) is 4.17. The zero-order chi connectivity index (χ0) is 9.56. The monoisotopic (exact) mass is 237 g/mol. The number of hydrogen-bond acceptors (Lipinski definition) is 2. The van der Waals surface area contributed by atoms with Gasteiger partial charge in [0.15, 0.2) is 0 Å². The highest BCUT2D eigenvalue weighted by atomic mass is 79.9. The molecule has 72 valence electrons. The topological polar surface area (TPSA) is 29.5 Å². The molecule has 1 amide bonds. The van der Waals surface area contributed by atoms with Crippen molar-refractivity contribution in [1.82, 2.24) is 4.90 Å². The number of ether oxygens (including phenoxy) is 1. The summed E-state index contributed by atoms with van der Waals surface area (Å²) in [5.74, 6) is 0. The number of amides is 1. The summed E-state index contributed by atoms with van der Waals surface area (Å²) in [6.45, 7) is 7.12. The maximum Gasteiger partial charge on any atom is 0.410 e. The van der Waals surface area contributed by atoms with Crippen LogP contribution >= 0.6 is 15.9 Å². The summed E-state index contributed by atoms with van der Waals surface area (Å²) in [5, 5.41) is 0.681. The van der Waals surface area contributed by atoms with Gasteiger partial charge in [0, 0.05) is 18.4 Å². The van der Waals surface area contributed by atoms with Crippen LogP contribution in [0.15, 0.2) is 0 Å². The normalized spacial score (nSPS) is 12.3. The molecule has 0 rings (SSSR count). The van der Waals surface area contributed by atoms with Crippen molar-refractivity contribution in [1.29, 1.82) is 0 Å². The van der Waals surface area contributed by atoms with E-state index in [1.165, 1.54) is 0 Å². The van der Waals surface area contributed by atoms with Crippen LogP contribution in [0.2, 0.25) is 0 Å². The Kier molecular flexibility index (Phi) is 6.16. The second-order valence-electron chi connectivity index (χ2n) is 2.52. The molecule has 1 unspecified atom stereocenters. The first-order valence-corrected chi connectivity index (χ1v) is 5.29. The van der Waals surface area contributed by atoms with Gasteiger partial charge in [-0.15, -0.1) is 0 Å². The minimum absolute atomic E-state index is 0.0573. The molecular weight excluding hydrogens is 222 g/mol. The number of hydrogen-bond donors (Lipinski definition) is 0. The number of nitrogens with zero attached hydrogens (tertiary/aromatic N) is 1. The van der Waals surface area contributed by atoms with E-state index in [0.29, 0.717) is 18.4 Å². The number of halogens is 1. The zero-order valence-corrected chi connectivity index (χ0v) is 9.43. The van der Waals surface area contributed by atoms with Gasteiger partial charge in [-0.3, -0.25) is 0 Å². The number of carbonyl (C=O) groups is 1. The van der Waals surface area contributed by atoms with E-state index in [2.05, 4.69) is 15.9 Å². The minimum atomic E-state index is -0.230. The summed E-state index contributed by atoms with van der Waals surface area (Å²) in [7, 11) is 0. The fraction of sp³-hybridized carbons (Fsp3) is 0.875. The van der Waals surface area contributed by atoms with Crippen molar-refractivity contribution < 1.29 is 9.53 Å². The van der Waals surface area contributed by atoms with E-state index in [1.54, 1.807) is 4.90 Å². The van der Waals surface area contributed by atoms with E-state index in [9.17, 15) is 4.79 Å². The molecule has 0 N–H and O–H groups in total. The predicted molar refractivity (Wildman–Crippen MR) is 52.7 cm³/mol. The van der Waals surface area contributed by atoms with Gasteiger partial charge in [0.1, 0.15) is 6.10 Å². The molecule has 0 bridgehead atoms. The molecule has 1 atom stereocenters. The molecule has 0 aromatic rings. The van der Waals surface area contributed by atoms with Gasteiger partial charge in [-0.05, 0) is 20.8 Å². The third-order valence-electron chi connectivity index (χ3n) is 1.54. The van der Waals surface area contributed by atoms with Gasteiger partial charge in [0.25, 0.3) is 0 Å². The molecular formula is C8H16BrNO2. The molecule has 0 aromatic heterocycles. The predicted octanol–water partition coefficient (Wildman–Crippen LogP) is 2.25. The largest absolute Gasteiger partial charge is 0.446 e. The Balaban J connectivity index is 3.84. The average molecular weight is 238 g/mol. The second kappa shape index (κ2) is 6.29. The Bertz CT molecular complexity index is 137. The van der Waals surface area contributed by atoms with Gasteiger partial charge in [-0.25, -0.2) is 4.79 Å². The van der Waals surface area contributed by atoms with E-state index in [1.807, 2.05) is 20.8 Å². The number of rotatable bonds is 4. The summed E-state index contributed by atoms with van der Waals surface area (Å²) < 4.78 is 5.08. The molecule has 0 aliphatic rings. The standard InChI is InChI=1S/C8H16BrNO2/c1-4-10(5-2)8(11)12-7(3)6-9/h7H,4-6H2,1-3H3. The highest BCUT2D eigenvalue weighted by Crippen LogP contribution is 2.00. The van der Waals surface area contributed by atoms with Crippen LogP contribution in [-0.4, -0.2) is 35.5 Å². The zero-order valence-electron chi connectivity index (χ0n) is 7.84. The van der Waals surface area contributed by atoms with Gasteiger partial charge in [-0.1, -0.05) is 15.9 Å². The average Bonchev–Trinajstić information content (AvgIpc) is 2.06. The lowest BCUT2D eigenvalue weighted by molar-refractivity contribution is 0.0820. The SMILES string of the molecule is CCN(CC)C(=O)OC(C)CBr. The Morgan fingerprint density at radius 3 is 2.33 bits per heavy atom. The van der Waals surface area contributed by atoms with Crippen LogP contribution < -0.4 is 0 Å². The first kappa shape index (κ1) is 11.8. The van der Waals surface area contributed by atoms with E-state index < -0.39 is 0 Å². The van der Waals surface area contributed by atoms with E-state index in [-0.39, 0.29) is 12.2 Å². The maximum atomic E-state index is 11.3. The lowest BCUT2D eigenvalue weighted by Crippen LogP contribution is -2.33. The van der Waals surface area contributed by atoms with Crippen LogP contribution in [0.1, 0.15) is 20.8 Å². The number of carbonyl (C=O) groups excluding carboxylic acids is 1. The molecule has 0 saturated carbocycles. The number of alkyl halides is 1. The molecule has 0 aromatic carbocycles. The van der Waals surface area contributed by atoms with Crippen molar-refractivity contribution in [2.24, 2.45) is 0 Å². The van der Waals surface area contributed by atoms with Gasteiger partial charge >= 0.3 is 6.09 Å². The third-order valence-corrected chi connectivity index (χ3v) is 2.45. The van der Waals surface area contributed by atoms with Crippen molar-refractivity contribution in [3.8, 4) is 0 Å².